The Labute approximate surface area is 162 Å². The van der Waals surface area contributed by atoms with Crippen LogP contribution in [0.15, 0.2) is 17.2 Å². The SMILES string of the molecule is Cc1cc(C(=O)C2C(=O)CCCC2=O)c(C)c2c1S(=O)(=O)Cc1cn(C)nc1-2. The number of carbonyl (C=O) groups excluding carboxylic acids is 3. The summed E-state index contributed by atoms with van der Waals surface area (Å²) in [4.78, 5) is 37.8. The molecule has 1 saturated carbocycles. The molecule has 0 unspecified atom stereocenters. The van der Waals surface area contributed by atoms with Crippen molar-refractivity contribution in [2.24, 2.45) is 13.0 Å². The van der Waals surface area contributed by atoms with Crippen LogP contribution >= 0.6 is 0 Å². The molecule has 146 valence electrons. The standard InChI is InChI=1S/C20H20N2O5S/c1-10-7-13(19(25)17-14(23)5-4-6-15(17)24)11(2)16-18-12(8-22(3)21-18)9-28(26,27)20(10)16/h7-8,17H,4-6,9H2,1-3H3. The predicted molar refractivity (Wildman–Crippen MR) is 101 cm³/mol. The molecule has 0 spiro atoms. The van der Waals surface area contributed by atoms with E-state index in [2.05, 4.69) is 5.10 Å². The van der Waals surface area contributed by atoms with E-state index in [1.165, 1.54) is 6.07 Å². The van der Waals surface area contributed by atoms with Crippen molar-refractivity contribution < 1.29 is 22.8 Å². The first-order valence-corrected chi connectivity index (χ1v) is 10.8. The maximum atomic E-state index is 13.1. The zero-order valence-electron chi connectivity index (χ0n) is 15.9. The number of aromatic nitrogens is 2. The number of hydrogen-bond acceptors (Lipinski definition) is 6. The van der Waals surface area contributed by atoms with Gasteiger partial charge in [0.25, 0.3) is 0 Å². The molecular weight excluding hydrogens is 380 g/mol. The summed E-state index contributed by atoms with van der Waals surface area (Å²) >= 11 is 0. The second-order valence-corrected chi connectivity index (χ2v) is 9.52. The van der Waals surface area contributed by atoms with Crippen LogP contribution in [0.4, 0.5) is 0 Å². The Hall–Kier alpha value is -2.61. The Morgan fingerprint density at radius 2 is 1.82 bits per heavy atom. The number of nitrogens with zero attached hydrogens (tertiary/aromatic N) is 2. The molecule has 0 N–H and O–H groups in total. The lowest BCUT2D eigenvalue weighted by atomic mass is 9.79. The van der Waals surface area contributed by atoms with Crippen molar-refractivity contribution >= 4 is 27.2 Å². The normalized spacial score (nSPS) is 18.7. The van der Waals surface area contributed by atoms with Crippen molar-refractivity contribution in [1.29, 1.82) is 0 Å². The lowest BCUT2D eigenvalue weighted by molar-refractivity contribution is -0.133. The molecule has 0 saturated heterocycles. The maximum absolute atomic E-state index is 13.1. The number of Topliss-reactive ketones (excluding diaryl/α,β-unsaturated/α-hetero) is 3. The van der Waals surface area contributed by atoms with Crippen molar-refractivity contribution in [2.45, 2.75) is 43.8 Å². The van der Waals surface area contributed by atoms with Crippen molar-refractivity contribution in [2.75, 3.05) is 0 Å². The van der Waals surface area contributed by atoms with Crippen LogP contribution < -0.4 is 0 Å². The van der Waals surface area contributed by atoms with E-state index in [1.54, 1.807) is 31.8 Å². The van der Waals surface area contributed by atoms with Gasteiger partial charge < -0.3 is 0 Å². The molecule has 28 heavy (non-hydrogen) atoms. The zero-order chi connectivity index (χ0) is 20.4. The van der Waals surface area contributed by atoms with Crippen LogP contribution in [0.1, 0.15) is 46.3 Å². The molecule has 4 rings (SSSR count). The maximum Gasteiger partial charge on any atom is 0.183 e. The molecule has 2 aliphatic rings. The average Bonchev–Trinajstić information content (AvgIpc) is 2.95. The van der Waals surface area contributed by atoms with Gasteiger partial charge in [-0.25, -0.2) is 8.42 Å². The summed E-state index contributed by atoms with van der Waals surface area (Å²) in [6.07, 6.45) is 2.56. The topological polar surface area (TPSA) is 103 Å². The van der Waals surface area contributed by atoms with Gasteiger partial charge in [0.1, 0.15) is 5.92 Å². The van der Waals surface area contributed by atoms with Gasteiger partial charge in [-0.15, -0.1) is 0 Å². The summed E-state index contributed by atoms with van der Waals surface area (Å²) in [6, 6.07) is 1.50. The van der Waals surface area contributed by atoms with E-state index < -0.39 is 21.5 Å². The molecule has 0 atom stereocenters. The summed E-state index contributed by atoms with van der Waals surface area (Å²) in [6.45, 7) is 3.29. The Kier molecular flexibility index (Phi) is 4.15. The Morgan fingerprint density at radius 3 is 2.46 bits per heavy atom. The molecule has 2 aromatic rings. The van der Waals surface area contributed by atoms with Crippen LogP contribution in [0.5, 0.6) is 0 Å². The quantitative estimate of drug-likeness (QED) is 0.565. The number of benzene rings is 1. The van der Waals surface area contributed by atoms with Gasteiger partial charge in [0.15, 0.2) is 27.2 Å². The Balaban J connectivity index is 1.96. The third-order valence-corrected chi connectivity index (χ3v) is 7.38. The summed E-state index contributed by atoms with van der Waals surface area (Å²) in [5.74, 6) is -2.69. The van der Waals surface area contributed by atoms with E-state index in [1.807, 2.05) is 0 Å². The molecule has 0 radical (unpaired) electrons. The molecule has 1 fully saturated rings. The third kappa shape index (κ3) is 2.66. The molecule has 1 aliphatic carbocycles. The Morgan fingerprint density at radius 1 is 1.18 bits per heavy atom. The van der Waals surface area contributed by atoms with E-state index in [4.69, 9.17) is 0 Å². The summed E-state index contributed by atoms with van der Waals surface area (Å²) in [5, 5.41) is 4.41. The largest absolute Gasteiger partial charge is 0.298 e. The Bertz CT molecular complexity index is 1160. The molecule has 7 nitrogen and oxygen atoms in total. The minimum atomic E-state index is -3.58. The highest BCUT2D eigenvalue weighted by atomic mass is 32.2. The van der Waals surface area contributed by atoms with Gasteiger partial charge in [0.2, 0.25) is 0 Å². The number of sulfone groups is 1. The molecule has 1 aliphatic heterocycles. The van der Waals surface area contributed by atoms with Gasteiger partial charge in [0, 0.05) is 42.8 Å². The van der Waals surface area contributed by atoms with E-state index in [9.17, 15) is 22.8 Å². The van der Waals surface area contributed by atoms with Gasteiger partial charge >= 0.3 is 0 Å². The van der Waals surface area contributed by atoms with Gasteiger partial charge in [-0.3, -0.25) is 19.1 Å². The first-order valence-electron chi connectivity index (χ1n) is 9.11. The highest BCUT2D eigenvalue weighted by molar-refractivity contribution is 7.91. The highest BCUT2D eigenvalue weighted by Gasteiger charge is 2.40. The second kappa shape index (κ2) is 6.20. The fourth-order valence-electron chi connectivity index (χ4n) is 4.32. The number of hydrogen-bond donors (Lipinski definition) is 0. The molecule has 8 heteroatoms. The molecule has 1 aromatic carbocycles. The van der Waals surface area contributed by atoms with Crippen molar-refractivity contribution in [1.82, 2.24) is 9.78 Å². The molecule has 1 aromatic heterocycles. The first kappa shape index (κ1) is 18.7. The number of fused-ring (bicyclic) bond motifs is 3. The van der Waals surface area contributed by atoms with Crippen molar-refractivity contribution in [3.05, 3.63) is 34.5 Å². The average molecular weight is 400 g/mol. The van der Waals surface area contributed by atoms with E-state index in [0.29, 0.717) is 34.4 Å². The number of aryl methyl sites for hydroxylation is 2. The van der Waals surface area contributed by atoms with Crippen molar-refractivity contribution in [3.8, 4) is 11.3 Å². The number of rotatable bonds is 2. The molecule has 0 amide bonds. The van der Waals surface area contributed by atoms with Gasteiger partial charge in [-0.1, -0.05) is 0 Å². The summed E-state index contributed by atoms with van der Waals surface area (Å²) in [7, 11) is -1.87. The number of ketones is 3. The summed E-state index contributed by atoms with van der Waals surface area (Å²) in [5.41, 5.74) is 2.60. The van der Waals surface area contributed by atoms with Crippen LogP contribution in [0.3, 0.4) is 0 Å². The fraction of sp³-hybridized carbons (Fsp3) is 0.400. The smallest absolute Gasteiger partial charge is 0.183 e. The van der Waals surface area contributed by atoms with Gasteiger partial charge in [0.05, 0.1) is 16.3 Å². The molecule has 2 heterocycles. The van der Waals surface area contributed by atoms with E-state index >= 15 is 0 Å². The lowest BCUT2D eigenvalue weighted by Gasteiger charge is -2.24. The first-order chi connectivity index (χ1) is 13.1. The zero-order valence-corrected chi connectivity index (χ0v) is 16.7. The second-order valence-electron chi connectivity index (χ2n) is 7.59. The van der Waals surface area contributed by atoms with E-state index in [0.717, 1.165) is 0 Å². The lowest BCUT2D eigenvalue weighted by Crippen LogP contribution is -2.35. The minimum absolute atomic E-state index is 0.143. The monoisotopic (exact) mass is 400 g/mol. The predicted octanol–water partition coefficient (Wildman–Crippen LogP) is 2.11. The van der Waals surface area contributed by atoms with Crippen LogP contribution in [-0.4, -0.2) is 35.5 Å². The summed E-state index contributed by atoms with van der Waals surface area (Å²) < 4.78 is 27.3. The number of carbonyl (C=O) groups is 3. The van der Waals surface area contributed by atoms with Crippen LogP contribution in [0, 0.1) is 19.8 Å². The minimum Gasteiger partial charge on any atom is -0.298 e. The van der Waals surface area contributed by atoms with Crippen LogP contribution in [-0.2, 0) is 32.2 Å². The van der Waals surface area contributed by atoms with Crippen molar-refractivity contribution in [3.63, 3.8) is 0 Å². The molecule has 0 bridgehead atoms. The van der Waals surface area contributed by atoms with Crippen LogP contribution in [0.25, 0.3) is 11.3 Å². The fourth-order valence-corrected chi connectivity index (χ4v) is 6.19. The third-order valence-electron chi connectivity index (χ3n) is 5.54. The van der Waals surface area contributed by atoms with E-state index in [-0.39, 0.29) is 40.6 Å². The van der Waals surface area contributed by atoms with Crippen LogP contribution in [0.2, 0.25) is 0 Å². The van der Waals surface area contributed by atoms with Gasteiger partial charge in [-0.05, 0) is 37.5 Å². The van der Waals surface area contributed by atoms with Gasteiger partial charge in [-0.2, -0.15) is 5.10 Å². The highest BCUT2D eigenvalue weighted by Crippen LogP contribution is 2.42. The molecular formula is C20H20N2O5S.